The highest BCUT2D eigenvalue weighted by molar-refractivity contribution is 5.39. The molecule has 0 fully saturated rings. The summed E-state index contributed by atoms with van der Waals surface area (Å²) in [6, 6.07) is 6.51. The zero-order chi connectivity index (χ0) is 14.3. The Balaban J connectivity index is 2.69. The van der Waals surface area contributed by atoms with Crippen molar-refractivity contribution in [3.05, 3.63) is 29.3 Å². The highest BCUT2D eigenvalue weighted by atomic mass is 16.5. The van der Waals surface area contributed by atoms with Crippen molar-refractivity contribution in [1.82, 2.24) is 10.6 Å². The molecule has 0 bridgehead atoms. The zero-order valence-electron chi connectivity index (χ0n) is 13.0. The van der Waals surface area contributed by atoms with Gasteiger partial charge in [0.1, 0.15) is 5.75 Å². The molecule has 0 heterocycles. The Labute approximate surface area is 117 Å². The fraction of sp³-hybridized carbons (Fsp3) is 0.625. The Morgan fingerprint density at radius 2 is 1.95 bits per heavy atom. The molecule has 0 radical (unpaired) electrons. The lowest BCUT2D eigenvalue weighted by Gasteiger charge is -2.26. The first-order valence-electron chi connectivity index (χ1n) is 7.10. The predicted molar refractivity (Wildman–Crippen MR) is 82.2 cm³/mol. The Hall–Kier alpha value is -1.06. The molecule has 1 aromatic carbocycles. The fourth-order valence-corrected chi connectivity index (χ4v) is 2.10. The quantitative estimate of drug-likeness (QED) is 0.708. The van der Waals surface area contributed by atoms with Gasteiger partial charge in [-0.3, -0.25) is 0 Å². The van der Waals surface area contributed by atoms with Gasteiger partial charge in [-0.15, -0.1) is 0 Å². The van der Waals surface area contributed by atoms with Crippen LogP contribution in [0, 0.1) is 6.92 Å². The Morgan fingerprint density at radius 3 is 2.53 bits per heavy atom. The summed E-state index contributed by atoms with van der Waals surface area (Å²) in [6.07, 6.45) is 0. The number of aryl methyl sites for hydroxylation is 1. The van der Waals surface area contributed by atoms with Gasteiger partial charge >= 0.3 is 0 Å². The minimum Gasteiger partial charge on any atom is -0.494 e. The van der Waals surface area contributed by atoms with E-state index in [1.807, 2.05) is 14.0 Å². The molecule has 0 aliphatic carbocycles. The van der Waals surface area contributed by atoms with Gasteiger partial charge in [-0.05, 0) is 38.1 Å². The fourth-order valence-electron chi connectivity index (χ4n) is 2.10. The van der Waals surface area contributed by atoms with Gasteiger partial charge in [-0.25, -0.2) is 0 Å². The maximum absolute atomic E-state index is 5.59. The molecule has 0 aromatic heterocycles. The van der Waals surface area contributed by atoms with E-state index in [1.54, 1.807) is 0 Å². The van der Waals surface area contributed by atoms with Crippen LogP contribution in [0.1, 0.15) is 31.9 Å². The van der Waals surface area contributed by atoms with Crippen molar-refractivity contribution in [3.63, 3.8) is 0 Å². The SMILES string of the molecule is CCOc1ccc(C(C)(C)CNCCNC)cc1C. The summed E-state index contributed by atoms with van der Waals surface area (Å²) in [7, 11) is 1.97. The highest BCUT2D eigenvalue weighted by Gasteiger charge is 2.20. The molecule has 0 aliphatic rings. The van der Waals surface area contributed by atoms with Crippen LogP contribution in [0.25, 0.3) is 0 Å². The summed E-state index contributed by atoms with van der Waals surface area (Å²) >= 11 is 0. The topological polar surface area (TPSA) is 33.3 Å². The molecule has 0 saturated heterocycles. The van der Waals surface area contributed by atoms with E-state index in [0.717, 1.165) is 32.0 Å². The van der Waals surface area contributed by atoms with Crippen LogP contribution in [0.15, 0.2) is 18.2 Å². The molecule has 2 N–H and O–H groups in total. The normalized spacial score (nSPS) is 11.6. The number of ether oxygens (including phenoxy) is 1. The second-order valence-electron chi connectivity index (χ2n) is 5.58. The van der Waals surface area contributed by atoms with Crippen molar-refractivity contribution in [2.75, 3.05) is 33.3 Å². The molecule has 1 rings (SSSR count). The minimum absolute atomic E-state index is 0.128. The summed E-state index contributed by atoms with van der Waals surface area (Å²) in [6.45, 7) is 12.4. The minimum atomic E-state index is 0.128. The molecule has 0 atom stereocenters. The van der Waals surface area contributed by atoms with Crippen molar-refractivity contribution >= 4 is 0 Å². The lowest BCUT2D eigenvalue weighted by atomic mass is 9.83. The monoisotopic (exact) mass is 264 g/mol. The number of nitrogens with one attached hydrogen (secondary N) is 2. The van der Waals surface area contributed by atoms with Crippen LogP contribution in [0.4, 0.5) is 0 Å². The van der Waals surface area contributed by atoms with Crippen LogP contribution in [-0.2, 0) is 5.41 Å². The van der Waals surface area contributed by atoms with Gasteiger partial charge in [0.2, 0.25) is 0 Å². The first-order valence-corrected chi connectivity index (χ1v) is 7.10. The second kappa shape index (κ2) is 7.51. The Morgan fingerprint density at radius 1 is 1.21 bits per heavy atom. The lowest BCUT2D eigenvalue weighted by Crippen LogP contribution is -2.36. The van der Waals surface area contributed by atoms with E-state index in [9.17, 15) is 0 Å². The largest absolute Gasteiger partial charge is 0.494 e. The van der Waals surface area contributed by atoms with Crippen LogP contribution < -0.4 is 15.4 Å². The summed E-state index contributed by atoms with van der Waals surface area (Å²) in [5.41, 5.74) is 2.69. The third-order valence-corrected chi connectivity index (χ3v) is 3.37. The molecule has 0 amide bonds. The van der Waals surface area contributed by atoms with Gasteiger partial charge < -0.3 is 15.4 Å². The standard InChI is InChI=1S/C16H28N2O/c1-6-19-15-8-7-14(11-13(15)2)16(3,4)12-18-10-9-17-5/h7-8,11,17-18H,6,9-10,12H2,1-5H3. The smallest absolute Gasteiger partial charge is 0.122 e. The average Bonchev–Trinajstić information content (AvgIpc) is 2.37. The summed E-state index contributed by atoms with van der Waals surface area (Å²) < 4.78 is 5.59. The Bertz CT molecular complexity index is 388. The molecule has 0 spiro atoms. The third kappa shape index (κ3) is 4.84. The first-order chi connectivity index (χ1) is 9.01. The number of benzene rings is 1. The first kappa shape index (κ1) is 16.0. The Kier molecular flexibility index (Phi) is 6.32. The zero-order valence-corrected chi connectivity index (χ0v) is 13.0. The maximum Gasteiger partial charge on any atom is 0.122 e. The molecule has 1 aromatic rings. The van der Waals surface area contributed by atoms with Gasteiger partial charge in [-0.1, -0.05) is 26.0 Å². The van der Waals surface area contributed by atoms with Crippen molar-refractivity contribution in [2.45, 2.75) is 33.1 Å². The molecule has 3 heteroatoms. The maximum atomic E-state index is 5.59. The number of hydrogen-bond acceptors (Lipinski definition) is 3. The molecule has 108 valence electrons. The van der Waals surface area contributed by atoms with E-state index in [-0.39, 0.29) is 5.41 Å². The van der Waals surface area contributed by atoms with E-state index in [0.29, 0.717) is 0 Å². The van der Waals surface area contributed by atoms with Gasteiger partial charge in [0, 0.05) is 25.0 Å². The molecular formula is C16H28N2O. The third-order valence-electron chi connectivity index (χ3n) is 3.37. The summed E-state index contributed by atoms with van der Waals surface area (Å²) in [4.78, 5) is 0. The average molecular weight is 264 g/mol. The van der Waals surface area contributed by atoms with Crippen molar-refractivity contribution < 1.29 is 4.74 Å². The van der Waals surface area contributed by atoms with Gasteiger partial charge in [0.25, 0.3) is 0 Å². The van der Waals surface area contributed by atoms with Crippen LogP contribution in [0.5, 0.6) is 5.75 Å². The van der Waals surface area contributed by atoms with Crippen LogP contribution >= 0.6 is 0 Å². The van der Waals surface area contributed by atoms with Crippen molar-refractivity contribution in [2.24, 2.45) is 0 Å². The van der Waals surface area contributed by atoms with Gasteiger partial charge in [0.15, 0.2) is 0 Å². The molecule has 0 aliphatic heterocycles. The van der Waals surface area contributed by atoms with Crippen molar-refractivity contribution in [1.29, 1.82) is 0 Å². The predicted octanol–water partition coefficient (Wildman–Crippen LogP) is 2.48. The van der Waals surface area contributed by atoms with Crippen molar-refractivity contribution in [3.8, 4) is 5.75 Å². The van der Waals surface area contributed by atoms with Crippen LogP contribution in [0.3, 0.4) is 0 Å². The number of hydrogen-bond donors (Lipinski definition) is 2. The van der Waals surface area contributed by atoms with Gasteiger partial charge in [-0.2, -0.15) is 0 Å². The number of likely N-dealkylation sites (N-methyl/N-ethyl adjacent to an activating group) is 1. The molecule has 0 unspecified atom stereocenters. The van der Waals surface area contributed by atoms with Crippen LogP contribution in [0.2, 0.25) is 0 Å². The van der Waals surface area contributed by atoms with E-state index >= 15 is 0 Å². The number of rotatable bonds is 8. The molecule has 0 saturated carbocycles. The second-order valence-corrected chi connectivity index (χ2v) is 5.58. The summed E-state index contributed by atoms with van der Waals surface area (Å²) in [5, 5.41) is 6.64. The molecular weight excluding hydrogens is 236 g/mol. The molecule has 19 heavy (non-hydrogen) atoms. The van der Waals surface area contributed by atoms with Gasteiger partial charge in [0.05, 0.1) is 6.61 Å². The van der Waals surface area contributed by atoms with Crippen LogP contribution in [-0.4, -0.2) is 33.3 Å². The summed E-state index contributed by atoms with van der Waals surface area (Å²) in [5.74, 6) is 0.991. The van der Waals surface area contributed by atoms with E-state index < -0.39 is 0 Å². The molecule has 3 nitrogen and oxygen atoms in total. The highest BCUT2D eigenvalue weighted by Crippen LogP contribution is 2.27. The van der Waals surface area contributed by atoms with E-state index in [4.69, 9.17) is 4.74 Å². The van der Waals surface area contributed by atoms with E-state index in [2.05, 4.69) is 49.6 Å². The lowest BCUT2D eigenvalue weighted by molar-refractivity contribution is 0.337. The van der Waals surface area contributed by atoms with E-state index in [1.165, 1.54) is 11.1 Å².